The van der Waals surface area contributed by atoms with Crippen molar-refractivity contribution in [2.24, 2.45) is 0 Å². The van der Waals surface area contributed by atoms with Crippen molar-refractivity contribution in [2.45, 2.75) is 25.8 Å². The van der Waals surface area contributed by atoms with E-state index in [2.05, 4.69) is 17.6 Å². The minimum absolute atomic E-state index is 0.681. The molecule has 1 aliphatic heterocycles. The Hall–Kier alpha value is -1.33. The summed E-state index contributed by atoms with van der Waals surface area (Å²) in [6, 6.07) is 8.47. The van der Waals surface area contributed by atoms with E-state index in [-0.39, 0.29) is 0 Å². The molecule has 0 saturated carbocycles. The van der Waals surface area contributed by atoms with Crippen LogP contribution in [0.2, 0.25) is 0 Å². The lowest BCUT2D eigenvalue weighted by atomic mass is 10.2. The third-order valence-corrected chi connectivity index (χ3v) is 4.16. The first-order chi connectivity index (χ1) is 9.72. The monoisotopic (exact) mass is 294 g/mol. The van der Waals surface area contributed by atoms with E-state index in [0.29, 0.717) is 11.2 Å². The minimum atomic E-state index is 0.681. The van der Waals surface area contributed by atoms with Gasteiger partial charge in [0.15, 0.2) is 5.11 Å². The van der Waals surface area contributed by atoms with E-state index in [1.165, 1.54) is 25.9 Å². The van der Waals surface area contributed by atoms with Gasteiger partial charge < -0.3 is 20.3 Å². The second-order valence-electron chi connectivity index (χ2n) is 5.17. The lowest BCUT2D eigenvalue weighted by molar-refractivity contribution is -0.909. The van der Waals surface area contributed by atoms with Gasteiger partial charge >= 0.3 is 0 Å². The van der Waals surface area contributed by atoms with Crippen LogP contribution in [0.1, 0.15) is 19.8 Å². The number of anilines is 1. The quantitative estimate of drug-likeness (QED) is 0.710. The number of nitrogens with one attached hydrogen (secondary N) is 3. The van der Waals surface area contributed by atoms with Gasteiger partial charge in [-0.15, -0.1) is 0 Å². The van der Waals surface area contributed by atoms with Gasteiger partial charge in [-0.3, -0.25) is 0 Å². The van der Waals surface area contributed by atoms with E-state index in [1.54, 1.807) is 12.0 Å². The molecule has 3 N–H and O–H groups in total. The predicted molar refractivity (Wildman–Crippen MR) is 86.6 cm³/mol. The topological polar surface area (TPSA) is 37.7 Å². The average Bonchev–Trinajstić information content (AvgIpc) is 2.93. The normalized spacial score (nSPS) is 21.5. The van der Waals surface area contributed by atoms with Crippen LogP contribution in [0, 0.1) is 0 Å². The Morgan fingerprint density at radius 1 is 1.50 bits per heavy atom. The summed E-state index contributed by atoms with van der Waals surface area (Å²) in [6.45, 7) is 5.68. The van der Waals surface area contributed by atoms with Crippen molar-refractivity contribution in [3.05, 3.63) is 24.3 Å². The predicted octanol–water partition coefficient (Wildman–Crippen LogP) is 1.05. The fraction of sp³-hybridized carbons (Fsp3) is 0.533. The molecule has 0 aliphatic carbocycles. The van der Waals surface area contributed by atoms with Gasteiger partial charge in [0.2, 0.25) is 0 Å². The van der Waals surface area contributed by atoms with Gasteiger partial charge in [0.25, 0.3) is 0 Å². The number of likely N-dealkylation sites (N-methyl/N-ethyl adjacent to an activating group) is 1. The fourth-order valence-corrected chi connectivity index (χ4v) is 2.99. The van der Waals surface area contributed by atoms with Crippen LogP contribution in [0.25, 0.3) is 0 Å². The molecule has 1 saturated heterocycles. The molecule has 20 heavy (non-hydrogen) atoms. The Morgan fingerprint density at radius 3 is 3.10 bits per heavy atom. The van der Waals surface area contributed by atoms with E-state index in [9.17, 15) is 0 Å². The second kappa shape index (κ2) is 7.45. The molecule has 110 valence electrons. The number of thiocarbonyl (C=S) groups is 1. The zero-order chi connectivity index (χ0) is 14.4. The number of methoxy groups -OCH3 is 1. The number of quaternary nitrogens is 1. The van der Waals surface area contributed by atoms with Gasteiger partial charge in [0, 0.05) is 24.6 Å². The molecule has 0 bridgehead atoms. The summed E-state index contributed by atoms with van der Waals surface area (Å²) in [4.78, 5) is 1.68. The molecule has 1 aliphatic rings. The van der Waals surface area contributed by atoms with Crippen molar-refractivity contribution >= 4 is 23.0 Å². The highest BCUT2D eigenvalue weighted by Gasteiger charge is 2.26. The van der Waals surface area contributed by atoms with Crippen LogP contribution >= 0.6 is 12.2 Å². The summed E-state index contributed by atoms with van der Waals surface area (Å²) in [5.74, 6) is 0.829. The molecule has 1 fully saturated rings. The summed E-state index contributed by atoms with van der Waals surface area (Å²) >= 11 is 5.35. The third-order valence-electron chi connectivity index (χ3n) is 3.92. The molecule has 0 aromatic heterocycles. The smallest absolute Gasteiger partial charge is 0.170 e. The molecular weight excluding hydrogens is 270 g/mol. The molecule has 4 nitrogen and oxygen atoms in total. The van der Waals surface area contributed by atoms with Crippen LogP contribution in [-0.4, -0.2) is 37.9 Å². The van der Waals surface area contributed by atoms with E-state index in [0.717, 1.165) is 18.0 Å². The fourth-order valence-electron chi connectivity index (χ4n) is 2.79. The molecule has 1 heterocycles. The van der Waals surface area contributed by atoms with E-state index < -0.39 is 0 Å². The van der Waals surface area contributed by atoms with Crippen LogP contribution in [0.3, 0.4) is 0 Å². The molecule has 1 aromatic carbocycles. The lowest BCUT2D eigenvalue weighted by Gasteiger charge is -2.21. The number of ether oxygens (including phenoxy) is 1. The SMILES string of the molecule is CC[NH+]1CCC[C@H]1CNC(=S)Nc1cccc(OC)c1. The molecule has 5 heteroatoms. The Morgan fingerprint density at radius 2 is 2.35 bits per heavy atom. The molecular formula is C15H24N3OS+. The van der Waals surface area contributed by atoms with Gasteiger partial charge in [-0.05, 0) is 31.3 Å². The molecule has 0 spiro atoms. The van der Waals surface area contributed by atoms with Gasteiger partial charge in [0.05, 0.1) is 26.7 Å². The van der Waals surface area contributed by atoms with Crippen molar-refractivity contribution in [1.29, 1.82) is 0 Å². The number of benzene rings is 1. The standard InChI is InChI=1S/C15H23N3OS/c1-3-18-9-5-7-13(18)11-16-15(20)17-12-6-4-8-14(10-12)19-2/h4,6,8,10,13H,3,5,7,9,11H2,1-2H3,(H2,16,17,20)/p+1/t13-/m0/s1. The third kappa shape index (κ3) is 4.08. The largest absolute Gasteiger partial charge is 0.497 e. The number of hydrogen-bond donors (Lipinski definition) is 3. The molecule has 1 unspecified atom stereocenters. The molecule has 1 aromatic rings. The lowest BCUT2D eigenvalue weighted by Crippen LogP contribution is -3.14. The Labute approximate surface area is 126 Å². The van der Waals surface area contributed by atoms with Gasteiger partial charge in [-0.2, -0.15) is 0 Å². The molecule has 2 atom stereocenters. The van der Waals surface area contributed by atoms with Crippen LogP contribution < -0.4 is 20.3 Å². The van der Waals surface area contributed by atoms with Crippen molar-refractivity contribution in [3.63, 3.8) is 0 Å². The van der Waals surface area contributed by atoms with E-state index >= 15 is 0 Å². The maximum absolute atomic E-state index is 5.35. The highest BCUT2D eigenvalue weighted by atomic mass is 32.1. The average molecular weight is 294 g/mol. The first-order valence-electron chi connectivity index (χ1n) is 7.26. The molecule has 0 radical (unpaired) electrons. The van der Waals surface area contributed by atoms with Crippen molar-refractivity contribution in [2.75, 3.05) is 32.1 Å². The van der Waals surface area contributed by atoms with Crippen LogP contribution in [0.4, 0.5) is 5.69 Å². The Bertz CT molecular complexity index is 452. The van der Waals surface area contributed by atoms with Crippen LogP contribution in [-0.2, 0) is 0 Å². The maximum Gasteiger partial charge on any atom is 0.170 e. The summed E-state index contributed by atoms with van der Waals surface area (Å²) in [6.07, 6.45) is 2.61. The van der Waals surface area contributed by atoms with Crippen LogP contribution in [0.5, 0.6) is 5.75 Å². The molecule has 2 rings (SSSR count). The van der Waals surface area contributed by atoms with Crippen LogP contribution in [0.15, 0.2) is 24.3 Å². The summed E-state index contributed by atoms with van der Waals surface area (Å²) in [5, 5.41) is 7.22. The van der Waals surface area contributed by atoms with E-state index in [1.807, 2.05) is 24.3 Å². The van der Waals surface area contributed by atoms with Gasteiger partial charge in [-0.1, -0.05) is 6.07 Å². The van der Waals surface area contributed by atoms with E-state index in [4.69, 9.17) is 17.0 Å². The summed E-state index contributed by atoms with van der Waals surface area (Å²) < 4.78 is 5.20. The summed E-state index contributed by atoms with van der Waals surface area (Å²) in [7, 11) is 1.66. The first-order valence-corrected chi connectivity index (χ1v) is 7.67. The molecule has 0 amide bonds. The first kappa shape index (κ1) is 15.1. The second-order valence-corrected chi connectivity index (χ2v) is 5.58. The number of rotatable bonds is 5. The Balaban J connectivity index is 1.80. The van der Waals surface area contributed by atoms with Crippen molar-refractivity contribution in [1.82, 2.24) is 5.32 Å². The number of likely N-dealkylation sites (tertiary alicyclic amines) is 1. The van der Waals surface area contributed by atoms with Gasteiger partial charge in [0.1, 0.15) is 11.8 Å². The summed E-state index contributed by atoms with van der Waals surface area (Å²) in [5.41, 5.74) is 0.952. The Kier molecular flexibility index (Phi) is 5.61. The maximum atomic E-state index is 5.35. The number of hydrogen-bond acceptors (Lipinski definition) is 2. The van der Waals surface area contributed by atoms with Crippen molar-refractivity contribution < 1.29 is 9.64 Å². The minimum Gasteiger partial charge on any atom is -0.497 e. The zero-order valence-electron chi connectivity index (χ0n) is 12.2. The zero-order valence-corrected chi connectivity index (χ0v) is 13.1. The highest BCUT2D eigenvalue weighted by molar-refractivity contribution is 7.80. The van der Waals surface area contributed by atoms with Gasteiger partial charge in [-0.25, -0.2) is 0 Å². The highest BCUT2D eigenvalue weighted by Crippen LogP contribution is 2.16. The van der Waals surface area contributed by atoms with Crippen molar-refractivity contribution in [3.8, 4) is 5.75 Å².